The Morgan fingerprint density at radius 2 is 2.06 bits per heavy atom. The summed E-state index contributed by atoms with van der Waals surface area (Å²) < 4.78 is 0. The summed E-state index contributed by atoms with van der Waals surface area (Å²) in [6.07, 6.45) is 5.41. The van der Waals surface area contributed by atoms with E-state index < -0.39 is 0 Å². The number of aromatic nitrogens is 3. The van der Waals surface area contributed by atoms with Crippen LogP contribution >= 0.6 is 0 Å². The van der Waals surface area contributed by atoms with E-state index in [-0.39, 0.29) is 0 Å². The van der Waals surface area contributed by atoms with Gasteiger partial charge in [-0.2, -0.15) is 0 Å². The molecule has 0 saturated carbocycles. The number of pyridine rings is 1. The molecule has 2 N–H and O–H groups in total. The average Bonchev–Trinajstić information content (AvgIpc) is 2.92. The van der Waals surface area contributed by atoms with Crippen LogP contribution in [0.1, 0.15) is 11.4 Å². The average molecular weight is 238 g/mol. The predicted octanol–water partition coefficient (Wildman–Crippen LogP) is 2.25. The Labute approximate surface area is 105 Å². The third-order valence-electron chi connectivity index (χ3n) is 2.84. The van der Waals surface area contributed by atoms with E-state index >= 15 is 0 Å². The van der Waals surface area contributed by atoms with E-state index in [9.17, 15) is 0 Å². The number of nitrogens with zero attached hydrogens (tertiary/aromatic N) is 2. The van der Waals surface area contributed by atoms with Crippen LogP contribution in [0.2, 0.25) is 0 Å². The second-order valence-electron chi connectivity index (χ2n) is 4.17. The van der Waals surface area contributed by atoms with E-state index in [1.807, 2.05) is 18.5 Å². The lowest BCUT2D eigenvalue weighted by atomic mass is 10.1. The Hall–Kier alpha value is -2.20. The van der Waals surface area contributed by atoms with Gasteiger partial charge in [0.25, 0.3) is 0 Å². The summed E-state index contributed by atoms with van der Waals surface area (Å²) in [5.74, 6) is 0.956. The van der Waals surface area contributed by atoms with E-state index in [4.69, 9.17) is 0 Å². The molecule has 0 amide bonds. The molecule has 0 fully saturated rings. The molecule has 0 spiro atoms. The minimum atomic E-state index is 0.748. The molecule has 0 unspecified atom stereocenters. The van der Waals surface area contributed by atoms with Gasteiger partial charge >= 0.3 is 0 Å². The van der Waals surface area contributed by atoms with Crippen LogP contribution in [0.4, 0.5) is 0 Å². The van der Waals surface area contributed by atoms with E-state index in [1.165, 1.54) is 10.9 Å². The summed E-state index contributed by atoms with van der Waals surface area (Å²) in [5, 5.41) is 4.53. The first-order valence-corrected chi connectivity index (χ1v) is 5.94. The van der Waals surface area contributed by atoms with Gasteiger partial charge in [0.1, 0.15) is 5.82 Å². The smallest absolute Gasteiger partial charge is 0.120 e. The lowest BCUT2D eigenvalue weighted by Crippen LogP contribution is -2.13. The number of imidazole rings is 1. The van der Waals surface area contributed by atoms with Crippen molar-refractivity contribution in [2.45, 2.75) is 13.1 Å². The molecule has 0 bridgehead atoms. The summed E-state index contributed by atoms with van der Waals surface area (Å²) in [6.45, 7) is 1.57. The van der Waals surface area contributed by atoms with E-state index in [1.54, 1.807) is 6.20 Å². The standard InChI is InChI=1S/C14H14N4/c1-2-12-8-11(3-4-13(12)16-5-1)9-15-10-14-17-6-7-18-14/h1-8,15H,9-10H2,(H,17,18). The third-order valence-corrected chi connectivity index (χ3v) is 2.84. The highest BCUT2D eigenvalue weighted by molar-refractivity contribution is 5.78. The molecule has 2 heterocycles. The molecular weight excluding hydrogens is 224 g/mol. The van der Waals surface area contributed by atoms with Crippen molar-refractivity contribution in [1.82, 2.24) is 20.3 Å². The second-order valence-corrected chi connectivity index (χ2v) is 4.17. The predicted molar refractivity (Wildman–Crippen MR) is 70.9 cm³/mol. The van der Waals surface area contributed by atoms with Crippen molar-refractivity contribution in [2.24, 2.45) is 0 Å². The van der Waals surface area contributed by atoms with Gasteiger partial charge in [0, 0.05) is 30.5 Å². The van der Waals surface area contributed by atoms with Gasteiger partial charge in [0.2, 0.25) is 0 Å². The summed E-state index contributed by atoms with van der Waals surface area (Å²) in [5.41, 5.74) is 2.29. The number of aromatic amines is 1. The molecule has 0 radical (unpaired) electrons. The molecule has 90 valence electrons. The normalized spacial score (nSPS) is 10.9. The minimum absolute atomic E-state index is 0.748. The highest BCUT2D eigenvalue weighted by Crippen LogP contribution is 2.13. The van der Waals surface area contributed by atoms with Gasteiger partial charge in [-0.3, -0.25) is 4.98 Å². The first-order chi connectivity index (χ1) is 8.92. The maximum Gasteiger partial charge on any atom is 0.120 e. The van der Waals surface area contributed by atoms with Gasteiger partial charge in [0.05, 0.1) is 12.1 Å². The molecule has 0 aliphatic rings. The topological polar surface area (TPSA) is 53.6 Å². The first-order valence-electron chi connectivity index (χ1n) is 5.94. The largest absolute Gasteiger partial charge is 0.348 e. The van der Waals surface area contributed by atoms with Crippen LogP contribution in [0.25, 0.3) is 10.9 Å². The molecule has 18 heavy (non-hydrogen) atoms. The number of hydrogen-bond acceptors (Lipinski definition) is 3. The number of rotatable bonds is 4. The molecule has 4 heteroatoms. The lowest BCUT2D eigenvalue weighted by Gasteiger charge is -2.04. The van der Waals surface area contributed by atoms with Crippen LogP contribution in [0.5, 0.6) is 0 Å². The highest BCUT2D eigenvalue weighted by atomic mass is 15.0. The van der Waals surface area contributed by atoms with Crippen LogP contribution in [0.3, 0.4) is 0 Å². The first kappa shape index (κ1) is 10.9. The molecule has 0 aliphatic heterocycles. The zero-order valence-corrected chi connectivity index (χ0v) is 9.93. The van der Waals surface area contributed by atoms with Crippen LogP contribution in [-0.2, 0) is 13.1 Å². The summed E-state index contributed by atoms with van der Waals surface area (Å²) in [7, 11) is 0. The van der Waals surface area contributed by atoms with Crippen molar-refractivity contribution in [3.8, 4) is 0 Å². The third kappa shape index (κ3) is 2.38. The van der Waals surface area contributed by atoms with Crippen molar-refractivity contribution in [1.29, 1.82) is 0 Å². The zero-order chi connectivity index (χ0) is 12.2. The summed E-state index contributed by atoms with van der Waals surface area (Å²) in [6, 6.07) is 10.4. The fraction of sp³-hybridized carbons (Fsp3) is 0.143. The minimum Gasteiger partial charge on any atom is -0.348 e. The summed E-state index contributed by atoms with van der Waals surface area (Å²) in [4.78, 5) is 11.5. The quantitative estimate of drug-likeness (QED) is 0.733. The zero-order valence-electron chi connectivity index (χ0n) is 9.93. The molecule has 1 aromatic carbocycles. The maximum atomic E-state index is 4.31. The Balaban J connectivity index is 1.67. The Kier molecular flexibility index (Phi) is 3.02. The fourth-order valence-electron chi connectivity index (χ4n) is 1.95. The van der Waals surface area contributed by atoms with E-state index in [0.29, 0.717) is 0 Å². The molecule has 3 rings (SSSR count). The van der Waals surface area contributed by atoms with Crippen LogP contribution in [-0.4, -0.2) is 15.0 Å². The van der Waals surface area contributed by atoms with Gasteiger partial charge in [-0.1, -0.05) is 12.1 Å². The molecule has 3 aromatic rings. The van der Waals surface area contributed by atoms with Gasteiger partial charge in [-0.05, 0) is 23.8 Å². The number of benzene rings is 1. The monoisotopic (exact) mass is 238 g/mol. The van der Waals surface area contributed by atoms with Crippen LogP contribution < -0.4 is 5.32 Å². The van der Waals surface area contributed by atoms with Crippen molar-refractivity contribution < 1.29 is 0 Å². The van der Waals surface area contributed by atoms with Crippen LogP contribution in [0, 0.1) is 0 Å². The molecule has 2 aromatic heterocycles. The van der Waals surface area contributed by atoms with Gasteiger partial charge < -0.3 is 10.3 Å². The molecule has 0 aliphatic carbocycles. The van der Waals surface area contributed by atoms with Gasteiger partial charge in [-0.15, -0.1) is 0 Å². The highest BCUT2D eigenvalue weighted by Gasteiger charge is 1.98. The van der Waals surface area contributed by atoms with Crippen molar-refractivity contribution in [3.63, 3.8) is 0 Å². The molecule has 0 atom stereocenters. The maximum absolute atomic E-state index is 4.31. The molecular formula is C14H14N4. The Morgan fingerprint density at radius 1 is 1.06 bits per heavy atom. The van der Waals surface area contributed by atoms with Crippen molar-refractivity contribution in [3.05, 3.63) is 60.3 Å². The Bertz CT molecular complexity index is 631. The number of H-pyrrole nitrogens is 1. The van der Waals surface area contributed by atoms with Crippen molar-refractivity contribution >= 4 is 10.9 Å². The van der Waals surface area contributed by atoms with E-state index in [2.05, 4.69) is 44.5 Å². The number of nitrogens with one attached hydrogen (secondary N) is 2. The van der Waals surface area contributed by atoms with Gasteiger partial charge in [0.15, 0.2) is 0 Å². The SMILES string of the molecule is c1cnc2ccc(CNCc3ncc[nH]3)cc2c1. The van der Waals surface area contributed by atoms with E-state index in [0.717, 1.165) is 24.4 Å². The van der Waals surface area contributed by atoms with Crippen LogP contribution in [0.15, 0.2) is 48.9 Å². The lowest BCUT2D eigenvalue weighted by molar-refractivity contribution is 0.669. The Morgan fingerprint density at radius 3 is 2.94 bits per heavy atom. The fourth-order valence-corrected chi connectivity index (χ4v) is 1.95. The summed E-state index contributed by atoms with van der Waals surface area (Å²) >= 11 is 0. The van der Waals surface area contributed by atoms with Gasteiger partial charge in [-0.25, -0.2) is 4.98 Å². The van der Waals surface area contributed by atoms with Crippen molar-refractivity contribution in [2.75, 3.05) is 0 Å². The number of fused-ring (bicyclic) bond motifs is 1. The molecule has 0 saturated heterocycles. The number of hydrogen-bond donors (Lipinski definition) is 2. The molecule has 4 nitrogen and oxygen atoms in total. The second kappa shape index (κ2) is 4.98.